The molecular weight excluding hydrogens is 352 g/mol. The second-order valence-electron chi connectivity index (χ2n) is 7.10. The molecule has 1 saturated heterocycles. The van der Waals surface area contributed by atoms with Crippen molar-refractivity contribution >= 4 is 5.97 Å². The molecule has 0 spiro atoms. The van der Waals surface area contributed by atoms with Crippen LogP contribution in [-0.4, -0.2) is 86.3 Å². The SMILES string of the molecule is CC1C[C@@H](O)[C@@H]2C(C(=O)O)=CO[C@@H](O[C@@H]3O[C@H](CO)[C@@H](O)[C@H](O)[C@H]3O)[C@H]12. The molecule has 0 bridgehead atoms. The van der Waals surface area contributed by atoms with Crippen LogP contribution < -0.4 is 0 Å². The number of carboxylic acids is 1. The van der Waals surface area contributed by atoms with E-state index in [0.717, 1.165) is 6.26 Å². The van der Waals surface area contributed by atoms with Gasteiger partial charge >= 0.3 is 5.97 Å². The topological polar surface area (TPSA) is 166 Å². The van der Waals surface area contributed by atoms with Crippen molar-refractivity contribution in [2.75, 3.05) is 6.61 Å². The van der Waals surface area contributed by atoms with Crippen molar-refractivity contribution in [3.8, 4) is 0 Å². The molecule has 2 aliphatic heterocycles. The second kappa shape index (κ2) is 7.39. The normalized spacial score (nSPS) is 48.5. The summed E-state index contributed by atoms with van der Waals surface area (Å²) in [6, 6.07) is 0. The zero-order valence-corrected chi connectivity index (χ0v) is 14.1. The third kappa shape index (κ3) is 3.22. The predicted octanol–water partition coefficient (Wildman–Crippen LogP) is -2.24. The van der Waals surface area contributed by atoms with Gasteiger partial charge in [0.05, 0.1) is 24.5 Å². The van der Waals surface area contributed by atoms with Gasteiger partial charge in [-0.1, -0.05) is 6.92 Å². The van der Waals surface area contributed by atoms with Crippen molar-refractivity contribution in [2.24, 2.45) is 17.8 Å². The molecule has 10 atom stereocenters. The summed E-state index contributed by atoms with van der Waals surface area (Å²) in [5, 5.41) is 58.6. The summed E-state index contributed by atoms with van der Waals surface area (Å²) in [5.74, 6) is -2.54. The van der Waals surface area contributed by atoms with Crippen LogP contribution in [0.25, 0.3) is 0 Å². The molecule has 3 aliphatic rings. The van der Waals surface area contributed by atoms with E-state index in [4.69, 9.17) is 14.2 Å². The number of ether oxygens (including phenoxy) is 3. The molecule has 0 aromatic rings. The molecule has 0 radical (unpaired) electrons. The Balaban J connectivity index is 1.80. The zero-order chi connectivity index (χ0) is 19.2. The molecule has 6 N–H and O–H groups in total. The third-order valence-corrected chi connectivity index (χ3v) is 5.47. The van der Waals surface area contributed by atoms with Crippen molar-refractivity contribution in [1.29, 1.82) is 0 Å². The highest BCUT2D eigenvalue weighted by Crippen LogP contribution is 2.47. The first-order chi connectivity index (χ1) is 12.3. The average Bonchev–Trinajstić information content (AvgIpc) is 2.90. The lowest BCUT2D eigenvalue weighted by Crippen LogP contribution is -2.60. The Morgan fingerprint density at radius 1 is 1.19 bits per heavy atom. The Hall–Kier alpha value is -1.27. The molecule has 2 heterocycles. The lowest BCUT2D eigenvalue weighted by atomic mass is 9.83. The van der Waals surface area contributed by atoms with Crippen LogP contribution in [0.2, 0.25) is 0 Å². The van der Waals surface area contributed by atoms with Crippen LogP contribution in [0.5, 0.6) is 0 Å². The molecule has 10 nitrogen and oxygen atoms in total. The number of carbonyl (C=O) groups is 1. The van der Waals surface area contributed by atoms with Gasteiger partial charge in [-0.05, 0) is 12.3 Å². The first-order valence-corrected chi connectivity index (χ1v) is 8.49. The van der Waals surface area contributed by atoms with Crippen molar-refractivity contribution in [2.45, 2.75) is 56.4 Å². The number of carboxylic acid groups (broad SMARTS) is 1. The van der Waals surface area contributed by atoms with Crippen molar-refractivity contribution < 1.29 is 49.6 Å². The molecule has 0 aromatic carbocycles. The van der Waals surface area contributed by atoms with Gasteiger partial charge in [0.2, 0.25) is 6.29 Å². The molecule has 26 heavy (non-hydrogen) atoms. The molecule has 148 valence electrons. The van der Waals surface area contributed by atoms with E-state index in [1.54, 1.807) is 0 Å². The average molecular weight is 376 g/mol. The summed E-state index contributed by atoms with van der Waals surface area (Å²) < 4.78 is 16.3. The van der Waals surface area contributed by atoms with E-state index in [-0.39, 0.29) is 11.5 Å². The van der Waals surface area contributed by atoms with E-state index in [1.165, 1.54) is 0 Å². The lowest BCUT2D eigenvalue weighted by molar-refractivity contribution is -0.342. The fraction of sp³-hybridized carbons (Fsp3) is 0.812. The summed E-state index contributed by atoms with van der Waals surface area (Å²) in [7, 11) is 0. The number of hydrogen-bond acceptors (Lipinski definition) is 9. The summed E-state index contributed by atoms with van der Waals surface area (Å²) >= 11 is 0. The summed E-state index contributed by atoms with van der Waals surface area (Å²) in [4.78, 5) is 11.4. The predicted molar refractivity (Wildman–Crippen MR) is 82.2 cm³/mol. The molecule has 1 saturated carbocycles. The molecule has 2 fully saturated rings. The highest BCUT2D eigenvalue weighted by molar-refractivity contribution is 5.87. The van der Waals surface area contributed by atoms with Crippen molar-refractivity contribution in [3.05, 3.63) is 11.8 Å². The maximum atomic E-state index is 11.4. The molecule has 1 aliphatic carbocycles. The minimum absolute atomic E-state index is 0.0551. The molecule has 0 aromatic heterocycles. The number of rotatable bonds is 4. The Kier molecular flexibility index (Phi) is 5.54. The smallest absolute Gasteiger partial charge is 0.335 e. The van der Waals surface area contributed by atoms with Gasteiger partial charge < -0.3 is 44.8 Å². The Labute approximate surface area is 149 Å². The molecule has 0 amide bonds. The number of aliphatic hydroxyl groups excluding tert-OH is 5. The van der Waals surface area contributed by atoms with Crippen molar-refractivity contribution in [3.63, 3.8) is 0 Å². The monoisotopic (exact) mass is 376 g/mol. The summed E-state index contributed by atoms with van der Waals surface area (Å²) in [6.45, 7) is 1.23. The number of aliphatic carboxylic acids is 1. The highest BCUT2D eigenvalue weighted by Gasteiger charge is 2.53. The van der Waals surface area contributed by atoms with E-state index in [9.17, 15) is 35.4 Å². The Morgan fingerprint density at radius 2 is 1.88 bits per heavy atom. The quantitative estimate of drug-likeness (QED) is 0.316. The van der Waals surface area contributed by atoms with Crippen molar-refractivity contribution in [1.82, 2.24) is 0 Å². The maximum Gasteiger partial charge on any atom is 0.335 e. The van der Waals surface area contributed by atoms with Crippen LogP contribution in [0.4, 0.5) is 0 Å². The van der Waals surface area contributed by atoms with E-state index < -0.39 is 67.5 Å². The van der Waals surface area contributed by atoms with Gasteiger partial charge in [0.25, 0.3) is 0 Å². The molecule has 1 unspecified atom stereocenters. The van der Waals surface area contributed by atoms with E-state index in [2.05, 4.69) is 0 Å². The lowest BCUT2D eigenvalue weighted by Gasteiger charge is -2.43. The van der Waals surface area contributed by atoms with Gasteiger partial charge in [-0.3, -0.25) is 0 Å². The molecular formula is C16H24O10. The Bertz CT molecular complexity index is 563. The summed E-state index contributed by atoms with van der Waals surface area (Å²) in [5.41, 5.74) is -0.0551. The third-order valence-electron chi connectivity index (χ3n) is 5.47. The largest absolute Gasteiger partial charge is 0.478 e. The standard InChI is InChI=1S/C16H24O10/c1-5-2-7(18)10-6(14(22)23)4-24-15(9(5)10)26-16-13(21)12(20)11(19)8(3-17)25-16/h4-5,7-13,15-21H,2-3H2,1H3,(H,22,23)/t5?,7-,8-,9-,10+,11-,12+,13-,15+,16+/m1/s1. The fourth-order valence-electron chi connectivity index (χ4n) is 4.08. The van der Waals surface area contributed by atoms with Crippen LogP contribution >= 0.6 is 0 Å². The van der Waals surface area contributed by atoms with Crippen LogP contribution in [0.3, 0.4) is 0 Å². The highest BCUT2D eigenvalue weighted by atomic mass is 16.8. The number of hydrogen-bond donors (Lipinski definition) is 6. The molecule has 3 rings (SSSR count). The van der Waals surface area contributed by atoms with Gasteiger partial charge in [0, 0.05) is 11.8 Å². The number of fused-ring (bicyclic) bond motifs is 1. The van der Waals surface area contributed by atoms with E-state index >= 15 is 0 Å². The van der Waals surface area contributed by atoms with Gasteiger partial charge in [-0.15, -0.1) is 0 Å². The minimum atomic E-state index is -1.60. The van der Waals surface area contributed by atoms with Crippen LogP contribution in [0, 0.1) is 17.8 Å². The van der Waals surface area contributed by atoms with E-state index in [1.807, 2.05) is 6.92 Å². The number of aliphatic hydroxyl groups is 5. The van der Waals surface area contributed by atoms with Gasteiger partial charge in [-0.25, -0.2) is 4.79 Å². The van der Waals surface area contributed by atoms with Gasteiger partial charge in [-0.2, -0.15) is 0 Å². The first kappa shape index (κ1) is 19.5. The fourth-order valence-corrected chi connectivity index (χ4v) is 4.08. The van der Waals surface area contributed by atoms with Crippen LogP contribution in [-0.2, 0) is 19.0 Å². The summed E-state index contributed by atoms with van der Waals surface area (Å²) in [6.07, 6.45) is -7.77. The second-order valence-corrected chi connectivity index (χ2v) is 7.10. The maximum absolute atomic E-state index is 11.4. The van der Waals surface area contributed by atoms with Crippen LogP contribution in [0.15, 0.2) is 11.8 Å². The molecule has 10 heteroatoms. The Morgan fingerprint density at radius 3 is 2.50 bits per heavy atom. The van der Waals surface area contributed by atoms with E-state index in [0.29, 0.717) is 6.42 Å². The minimum Gasteiger partial charge on any atom is -0.478 e. The van der Waals surface area contributed by atoms with Gasteiger partial charge in [0.15, 0.2) is 6.29 Å². The first-order valence-electron chi connectivity index (χ1n) is 8.49. The van der Waals surface area contributed by atoms with Crippen LogP contribution in [0.1, 0.15) is 13.3 Å². The van der Waals surface area contributed by atoms with Gasteiger partial charge in [0.1, 0.15) is 24.4 Å². The zero-order valence-electron chi connectivity index (χ0n) is 14.1.